The van der Waals surface area contributed by atoms with Gasteiger partial charge in [0.05, 0.1) is 5.41 Å². The van der Waals surface area contributed by atoms with Crippen LogP contribution >= 0.6 is 0 Å². The molecule has 0 spiro atoms. The van der Waals surface area contributed by atoms with Gasteiger partial charge in [-0.3, -0.25) is 15.0 Å². The van der Waals surface area contributed by atoms with E-state index in [-0.39, 0.29) is 11.8 Å². The van der Waals surface area contributed by atoms with Gasteiger partial charge in [0.1, 0.15) is 0 Å². The predicted molar refractivity (Wildman–Crippen MR) is 65.7 cm³/mol. The third kappa shape index (κ3) is 3.70. The Morgan fingerprint density at radius 3 is 2.76 bits per heavy atom. The van der Waals surface area contributed by atoms with Crippen LogP contribution in [0.15, 0.2) is 0 Å². The summed E-state index contributed by atoms with van der Waals surface area (Å²) in [6.45, 7) is 6.94. The van der Waals surface area contributed by atoms with Crippen molar-refractivity contribution in [3.05, 3.63) is 0 Å². The molecule has 3 N–H and O–H groups in total. The largest absolute Gasteiger partial charge is 0.342 e. The lowest BCUT2D eigenvalue weighted by Crippen LogP contribution is -2.48. The van der Waals surface area contributed by atoms with E-state index in [9.17, 15) is 9.59 Å². The fourth-order valence-electron chi connectivity index (χ4n) is 2.08. The monoisotopic (exact) mass is 241 g/mol. The second-order valence-electron chi connectivity index (χ2n) is 5.61. The predicted octanol–water partition coefficient (Wildman–Crippen LogP) is 0.651. The van der Waals surface area contributed by atoms with Gasteiger partial charge < -0.3 is 4.90 Å². The molecular weight excluding hydrogens is 218 g/mol. The first kappa shape index (κ1) is 14.0. The maximum absolute atomic E-state index is 11.9. The zero-order chi connectivity index (χ0) is 13.1. The van der Waals surface area contributed by atoms with E-state index in [1.807, 2.05) is 0 Å². The zero-order valence-corrected chi connectivity index (χ0v) is 11.0. The van der Waals surface area contributed by atoms with E-state index < -0.39 is 5.41 Å². The van der Waals surface area contributed by atoms with Gasteiger partial charge in [-0.2, -0.15) is 0 Å². The molecule has 0 aromatic heterocycles. The Morgan fingerprint density at radius 1 is 1.53 bits per heavy atom. The maximum Gasteiger partial charge on any atom is 0.241 e. The van der Waals surface area contributed by atoms with Crippen LogP contribution in [0.4, 0.5) is 0 Å². The van der Waals surface area contributed by atoms with Crippen molar-refractivity contribution in [2.24, 2.45) is 17.2 Å². The molecule has 1 saturated heterocycles. The second kappa shape index (κ2) is 5.49. The van der Waals surface area contributed by atoms with Crippen LogP contribution in [0.3, 0.4) is 0 Å². The minimum Gasteiger partial charge on any atom is -0.342 e. The number of carbonyl (C=O) groups excluding carboxylic acids is 2. The van der Waals surface area contributed by atoms with Crippen LogP contribution in [0.2, 0.25) is 0 Å². The number of hydrogen-bond acceptors (Lipinski definition) is 3. The summed E-state index contributed by atoms with van der Waals surface area (Å²) in [5.41, 5.74) is 1.52. The molecular formula is C12H23N3O2. The molecule has 0 radical (unpaired) electrons. The lowest BCUT2D eigenvalue weighted by atomic mass is 9.91. The molecule has 1 rings (SSSR count). The summed E-state index contributed by atoms with van der Waals surface area (Å²) >= 11 is 0. The minimum absolute atomic E-state index is 0.146. The smallest absolute Gasteiger partial charge is 0.241 e. The van der Waals surface area contributed by atoms with Gasteiger partial charge in [0.15, 0.2) is 0 Å². The standard InChI is InChI=1S/C12H23N3O2/c1-9-4-5-10(16)15(7-6-9)8-12(2,3)11(17)14-13/h9H,4-8,13H2,1-3H3,(H,14,17). The number of likely N-dealkylation sites (tertiary alicyclic amines) is 1. The lowest BCUT2D eigenvalue weighted by molar-refractivity contribution is -0.136. The molecule has 0 saturated carbocycles. The Bertz CT molecular complexity index is 302. The highest BCUT2D eigenvalue weighted by Crippen LogP contribution is 2.22. The SMILES string of the molecule is CC1CCC(=O)N(CC(C)(C)C(=O)NN)CC1. The number of hydrazine groups is 1. The van der Waals surface area contributed by atoms with Gasteiger partial charge in [0.2, 0.25) is 11.8 Å². The topological polar surface area (TPSA) is 75.4 Å². The summed E-state index contributed by atoms with van der Waals surface area (Å²) in [5.74, 6) is 5.64. The second-order valence-corrected chi connectivity index (χ2v) is 5.61. The Kier molecular flexibility index (Phi) is 4.51. The quantitative estimate of drug-likeness (QED) is 0.433. The average molecular weight is 241 g/mol. The number of nitrogens with one attached hydrogen (secondary N) is 1. The van der Waals surface area contributed by atoms with Gasteiger partial charge in [-0.15, -0.1) is 0 Å². The Labute approximate surface area is 103 Å². The number of rotatable bonds is 3. The Hall–Kier alpha value is -1.10. The highest BCUT2D eigenvalue weighted by atomic mass is 16.2. The van der Waals surface area contributed by atoms with Crippen LogP contribution in [0.25, 0.3) is 0 Å². The van der Waals surface area contributed by atoms with Crippen LogP contribution in [0.1, 0.15) is 40.0 Å². The van der Waals surface area contributed by atoms with Crippen molar-refractivity contribution in [2.75, 3.05) is 13.1 Å². The van der Waals surface area contributed by atoms with Crippen molar-refractivity contribution < 1.29 is 9.59 Å². The van der Waals surface area contributed by atoms with Crippen molar-refractivity contribution in [1.29, 1.82) is 0 Å². The van der Waals surface area contributed by atoms with Gasteiger partial charge in [-0.1, -0.05) is 6.92 Å². The third-order valence-corrected chi connectivity index (χ3v) is 3.43. The molecule has 0 aromatic carbocycles. The summed E-state index contributed by atoms with van der Waals surface area (Å²) in [7, 11) is 0. The molecule has 17 heavy (non-hydrogen) atoms. The lowest BCUT2D eigenvalue weighted by Gasteiger charge is -2.30. The molecule has 0 bridgehead atoms. The molecule has 1 atom stereocenters. The van der Waals surface area contributed by atoms with Gasteiger partial charge in [-0.25, -0.2) is 5.84 Å². The highest BCUT2D eigenvalue weighted by molar-refractivity contribution is 5.83. The first-order chi connectivity index (χ1) is 7.86. The van der Waals surface area contributed by atoms with Gasteiger partial charge in [-0.05, 0) is 32.6 Å². The van der Waals surface area contributed by atoms with Crippen molar-refractivity contribution >= 4 is 11.8 Å². The molecule has 1 heterocycles. The number of carbonyl (C=O) groups is 2. The molecule has 0 aromatic rings. The number of amides is 2. The van der Waals surface area contributed by atoms with Crippen molar-refractivity contribution in [3.63, 3.8) is 0 Å². The summed E-state index contributed by atoms with van der Waals surface area (Å²) in [4.78, 5) is 25.3. The molecule has 5 nitrogen and oxygen atoms in total. The van der Waals surface area contributed by atoms with E-state index in [4.69, 9.17) is 5.84 Å². The minimum atomic E-state index is -0.641. The molecule has 2 amide bonds. The number of nitrogens with two attached hydrogens (primary N) is 1. The molecule has 1 fully saturated rings. The summed E-state index contributed by atoms with van der Waals surface area (Å²) in [5, 5.41) is 0. The molecule has 1 aliphatic heterocycles. The van der Waals surface area contributed by atoms with Crippen LogP contribution in [0, 0.1) is 11.3 Å². The van der Waals surface area contributed by atoms with Gasteiger partial charge >= 0.3 is 0 Å². The maximum atomic E-state index is 11.9. The molecule has 1 aliphatic rings. The Balaban J connectivity index is 2.66. The van der Waals surface area contributed by atoms with E-state index in [1.165, 1.54) is 0 Å². The van der Waals surface area contributed by atoms with Crippen LogP contribution in [-0.4, -0.2) is 29.8 Å². The summed E-state index contributed by atoms with van der Waals surface area (Å²) in [6, 6.07) is 0. The first-order valence-corrected chi connectivity index (χ1v) is 6.15. The van der Waals surface area contributed by atoms with E-state index in [0.29, 0.717) is 18.9 Å². The molecule has 98 valence electrons. The Morgan fingerprint density at radius 2 is 2.18 bits per heavy atom. The van der Waals surface area contributed by atoms with E-state index in [2.05, 4.69) is 12.3 Å². The van der Waals surface area contributed by atoms with Crippen molar-refractivity contribution in [1.82, 2.24) is 10.3 Å². The van der Waals surface area contributed by atoms with Crippen LogP contribution in [0.5, 0.6) is 0 Å². The van der Waals surface area contributed by atoms with E-state index in [0.717, 1.165) is 19.4 Å². The zero-order valence-electron chi connectivity index (χ0n) is 11.0. The number of nitrogens with zero attached hydrogens (tertiary/aromatic N) is 1. The number of hydrogen-bond donors (Lipinski definition) is 2. The van der Waals surface area contributed by atoms with Gasteiger partial charge in [0, 0.05) is 19.5 Å². The fraction of sp³-hybridized carbons (Fsp3) is 0.833. The van der Waals surface area contributed by atoms with Crippen LogP contribution in [-0.2, 0) is 9.59 Å². The summed E-state index contributed by atoms with van der Waals surface area (Å²) < 4.78 is 0. The highest BCUT2D eigenvalue weighted by Gasteiger charge is 2.32. The van der Waals surface area contributed by atoms with Crippen LogP contribution < -0.4 is 11.3 Å². The summed E-state index contributed by atoms with van der Waals surface area (Å²) in [6.07, 6.45) is 2.53. The van der Waals surface area contributed by atoms with Crippen molar-refractivity contribution in [2.45, 2.75) is 40.0 Å². The molecule has 5 heteroatoms. The van der Waals surface area contributed by atoms with Gasteiger partial charge in [0.25, 0.3) is 0 Å². The van der Waals surface area contributed by atoms with E-state index >= 15 is 0 Å². The normalized spacial score (nSPS) is 22.2. The average Bonchev–Trinajstić information content (AvgIpc) is 2.43. The van der Waals surface area contributed by atoms with Crippen molar-refractivity contribution in [3.8, 4) is 0 Å². The third-order valence-electron chi connectivity index (χ3n) is 3.43. The first-order valence-electron chi connectivity index (χ1n) is 6.15. The van der Waals surface area contributed by atoms with E-state index in [1.54, 1.807) is 18.7 Å². The molecule has 0 aliphatic carbocycles. The molecule has 1 unspecified atom stereocenters. The fourth-order valence-corrected chi connectivity index (χ4v) is 2.08.